The number of nitrogens with zero attached hydrogens (tertiary/aromatic N) is 2. The minimum Gasteiger partial charge on any atom is -0.481 e. The molecule has 0 radical (unpaired) electrons. The highest BCUT2D eigenvalue weighted by Gasteiger charge is 2.30. The van der Waals surface area contributed by atoms with Crippen LogP contribution in [0.1, 0.15) is 63.7 Å². The Hall–Kier alpha value is -2.68. The molecule has 0 spiro atoms. The molecule has 1 heterocycles. The molecule has 3 rings (SSSR count). The predicted octanol–water partition coefficient (Wildman–Crippen LogP) is 5.70. The third-order valence-electron chi connectivity index (χ3n) is 6.52. The molecular formula is C28H33Cl2FN2O5. The standard InChI is InChI=1S/C28H33Cl2FN2O5/c1-28(2,3)16-33(25(35)9-8-24(34)32-12-10-17(11-13-32)27(37)38)23-7-4-18(29)14-21(23)26(36)20-6-5-19(31)15-22(20)30/h4-7,14-15,17,26,36H,8-13,16H2,1-3H3,(H,37,38). The van der Waals surface area contributed by atoms with Crippen LogP contribution in [0.3, 0.4) is 0 Å². The molecule has 38 heavy (non-hydrogen) atoms. The molecule has 0 bridgehead atoms. The van der Waals surface area contributed by atoms with Crippen LogP contribution in [-0.2, 0) is 14.4 Å². The normalized spacial score (nSPS) is 15.3. The van der Waals surface area contributed by atoms with Crippen LogP contribution in [0.4, 0.5) is 10.1 Å². The summed E-state index contributed by atoms with van der Waals surface area (Å²) in [5.41, 5.74) is 0.676. The topological polar surface area (TPSA) is 98.2 Å². The van der Waals surface area contributed by atoms with Gasteiger partial charge < -0.3 is 20.0 Å². The predicted molar refractivity (Wildman–Crippen MR) is 145 cm³/mol. The van der Waals surface area contributed by atoms with Crippen molar-refractivity contribution in [3.8, 4) is 0 Å². The van der Waals surface area contributed by atoms with Crippen molar-refractivity contribution in [3.05, 3.63) is 63.4 Å². The number of benzene rings is 2. The number of anilines is 1. The lowest BCUT2D eigenvalue weighted by molar-refractivity contribution is -0.145. The number of piperidine rings is 1. The number of carboxylic acids is 1. The molecule has 1 aliphatic rings. The van der Waals surface area contributed by atoms with E-state index < -0.39 is 23.8 Å². The molecule has 1 aliphatic heterocycles. The van der Waals surface area contributed by atoms with E-state index in [1.165, 1.54) is 17.0 Å². The van der Waals surface area contributed by atoms with E-state index >= 15 is 0 Å². The number of aliphatic hydroxyl groups excluding tert-OH is 1. The van der Waals surface area contributed by atoms with Crippen molar-refractivity contribution in [2.24, 2.45) is 11.3 Å². The maximum Gasteiger partial charge on any atom is 0.306 e. The van der Waals surface area contributed by atoms with Gasteiger partial charge in [-0.15, -0.1) is 0 Å². The molecule has 2 aromatic carbocycles. The average molecular weight is 567 g/mol. The van der Waals surface area contributed by atoms with Crippen LogP contribution in [0.15, 0.2) is 36.4 Å². The molecule has 1 atom stereocenters. The smallest absolute Gasteiger partial charge is 0.306 e. The van der Waals surface area contributed by atoms with Gasteiger partial charge in [-0.3, -0.25) is 14.4 Å². The van der Waals surface area contributed by atoms with Crippen molar-refractivity contribution >= 4 is 46.7 Å². The quantitative estimate of drug-likeness (QED) is 0.427. The van der Waals surface area contributed by atoms with E-state index in [9.17, 15) is 29.0 Å². The molecule has 0 aliphatic carbocycles. The largest absolute Gasteiger partial charge is 0.481 e. The first-order valence-corrected chi connectivity index (χ1v) is 13.3. The SMILES string of the molecule is CC(C)(C)CN(C(=O)CCC(=O)N1CCC(C(=O)O)CC1)c1ccc(Cl)cc1C(O)c1ccc(F)cc1Cl. The summed E-state index contributed by atoms with van der Waals surface area (Å²) in [5.74, 6) is -2.36. The summed E-state index contributed by atoms with van der Waals surface area (Å²) in [6.45, 7) is 6.89. The van der Waals surface area contributed by atoms with Crippen LogP contribution >= 0.6 is 23.2 Å². The lowest BCUT2D eigenvalue weighted by atomic mass is 9.93. The Morgan fingerprint density at radius 3 is 2.29 bits per heavy atom. The molecule has 10 heteroatoms. The number of amides is 2. The second-order valence-corrected chi connectivity index (χ2v) is 11.6. The van der Waals surface area contributed by atoms with Crippen LogP contribution in [0, 0.1) is 17.2 Å². The molecule has 206 valence electrons. The first kappa shape index (κ1) is 29.9. The number of aliphatic hydroxyl groups is 1. The van der Waals surface area contributed by atoms with Gasteiger partial charge in [-0.2, -0.15) is 0 Å². The zero-order valence-electron chi connectivity index (χ0n) is 21.7. The van der Waals surface area contributed by atoms with Gasteiger partial charge in [-0.1, -0.05) is 50.0 Å². The minimum atomic E-state index is -1.29. The fourth-order valence-corrected chi connectivity index (χ4v) is 5.00. The summed E-state index contributed by atoms with van der Waals surface area (Å²) in [6.07, 6.45) is -0.591. The number of likely N-dealkylation sites (tertiary alicyclic amines) is 1. The van der Waals surface area contributed by atoms with E-state index in [0.29, 0.717) is 48.7 Å². The van der Waals surface area contributed by atoms with Gasteiger partial charge in [0, 0.05) is 59.3 Å². The summed E-state index contributed by atoms with van der Waals surface area (Å²) in [6, 6.07) is 8.47. The summed E-state index contributed by atoms with van der Waals surface area (Å²) in [4.78, 5) is 40.7. The molecule has 7 nitrogen and oxygen atoms in total. The van der Waals surface area contributed by atoms with E-state index in [2.05, 4.69) is 0 Å². The maximum absolute atomic E-state index is 13.6. The number of rotatable bonds is 8. The molecule has 1 fully saturated rings. The summed E-state index contributed by atoms with van der Waals surface area (Å²) >= 11 is 12.5. The lowest BCUT2D eigenvalue weighted by Gasteiger charge is -2.33. The Kier molecular flexibility index (Phi) is 9.79. The Morgan fingerprint density at radius 2 is 1.71 bits per heavy atom. The second-order valence-electron chi connectivity index (χ2n) is 10.8. The number of halogens is 3. The third kappa shape index (κ3) is 7.68. The molecule has 2 amide bonds. The Balaban J connectivity index is 1.84. The molecule has 2 N–H and O–H groups in total. The zero-order valence-corrected chi connectivity index (χ0v) is 23.2. The highest BCUT2D eigenvalue weighted by molar-refractivity contribution is 6.31. The third-order valence-corrected chi connectivity index (χ3v) is 7.08. The molecular weight excluding hydrogens is 534 g/mol. The van der Waals surface area contributed by atoms with E-state index in [0.717, 1.165) is 6.07 Å². The number of carbonyl (C=O) groups excluding carboxylic acids is 2. The molecule has 1 saturated heterocycles. The Labute approximate surface area is 232 Å². The second kappa shape index (κ2) is 12.5. The average Bonchev–Trinajstić information content (AvgIpc) is 2.85. The first-order chi connectivity index (χ1) is 17.8. The van der Waals surface area contributed by atoms with Crippen LogP contribution < -0.4 is 4.90 Å². The van der Waals surface area contributed by atoms with Crippen LogP contribution in [0.25, 0.3) is 0 Å². The van der Waals surface area contributed by atoms with Gasteiger partial charge in [0.15, 0.2) is 0 Å². The van der Waals surface area contributed by atoms with Gasteiger partial charge in [0.1, 0.15) is 11.9 Å². The number of hydrogen-bond acceptors (Lipinski definition) is 4. The summed E-state index contributed by atoms with van der Waals surface area (Å²) in [5, 5.41) is 20.8. The minimum absolute atomic E-state index is 0.0213. The number of aliphatic carboxylic acids is 1. The van der Waals surface area contributed by atoms with Crippen molar-refractivity contribution in [1.29, 1.82) is 0 Å². The Bertz CT molecular complexity index is 1190. The molecule has 0 saturated carbocycles. The summed E-state index contributed by atoms with van der Waals surface area (Å²) < 4.78 is 13.6. The van der Waals surface area contributed by atoms with Gasteiger partial charge in [-0.25, -0.2) is 4.39 Å². The van der Waals surface area contributed by atoms with Gasteiger partial charge >= 0.3 is 5.97 Å². The summed E-state index contributed by atoms with van der Waals surface area (Å²) in [7, 11) is 0. The molecule has 1 unspecified atom stereocenters. The van der Waals surface area contributed by atoms with E-state index in [1.54, 1.807) is 23.1 Å². The lowest BCUT2D eigenvalue weighted by Crippen LogP contribution is -2.42. The zero-order chi connectivity index (χ0) is 28.2. The fourth-order valence-electron chi connectivity index (χ4n) is 4.55. The van der Waals surface area contributed by atoms with Crippen molar-refractivity contribution < 1.29 is 29.0 Å². The van der Waals surface area contributed by atoms with Gasteiger partial charge in [0.05, 0.1) is 5.92 Å². The van der Waals surface area contributed by atoms with E-state index in [4.69, 9.17) is 23.2 Å². The maximum atomic E-state index is 13.6. The number of hydrogen-bond donors (Lipinski definition) is 2. The van der Waals surface area contributed by atoms with Crippen molar-refractivity contribution in [2.45, 2.75) is 52.6 Å². The van der Waals surface area contributed by atoms with E-state index in [-0.39, 0.29) is 40.7 Å². The van der Waals surface area contributed by atoms with Gasteiger partial charge in [0.25, 0.3) is 0 Å². The van der Waals surface area contributed by atoms with Crippen molar-refractivity contribution in [1.82, 2.24) is 4.90 Å². The monoisotopic (exact) mass is 566 g/mol. The molecule has 0 aromatic heterocycles. The molecule has 2 aromatic rings. The van der Waals surface area contributed by atoms with Gasteiger partial charge in [-0.05, 0) is 48.6 Å². The van der Waals surface area contributed by atoms with Crippen molar-refractivity contribution in [3.63, 3.8) is 0 Å². The van der Waals surface area contributed by atoms with Crippen LogP contribution in [0.2, 0.25) is 10.0 Å². The van der Waals surface area contributed by atoms with Gasteiger partial charge in [0.2, 0.25) is 11.8 Å². The van der Waals surface area contributed by atoms with Crippen LogP contribution in [-0.4, -0.2) is 52.5 Å². The first-order valence-electron chi connectivity index (χ1n) is 12.5. The van der Waals surface area contributed by atoms with Crippen LogP contribution in [0.5, 0.6) is 0 Å². The highest BCUT2D eigenvalue weighted by Crippen LogP contribution is 2.37. The van der Waals surface area contributed by atoms with Crippen molar-refractivity contribution in [2.75, 3.05) is 24.5 Å². The number of carboxylic acid groups (broad SMARTS) is 1. The Morgan fingerprint density at radius 1 is 1.05 bits per heavy atom. The highest BCUT2D eigenvalue weighted by atomic mass is 35.5. The fraction of sp³-hybridized carbons (Fsp3) is 0.464. The van der Waals surface area contributed by atoms with E-state index in [1.807, 2.05) is 20.8 Å². The number of carbonyl (C=O) groups is 3.